The van der Waals surface area contributed by atoms with Crippen LogP contribution in [0.1, 0.15) is 10.7 Å². The van der Waals surface area contributed by atoms with Gasteiger partial charge >= 0.3 is 0 Å². The van der Waals surface area contributed by atoms with Crippen molar-refractivity contribution in [3.8, 4) is 0 Å². The summed E-state index contributed by atoms with van der Waals surface area (Å²) in [4.78, 5) is 10.9. The van der Waals surface area contributed by atoms with Crippen LogP contribution in [0.25, 0.3) is 10.9 Å². The number of rotatable bonds is 4. The van der Waals surface area contributed by atoms with Gasteiger partial charge in [-0.3, -0.25) is 4.98 Å². The second kappa shape index (κ2) is 5.77. The molecule has 3 nitrogen and oxygen atoms in total. The number of hydrogen-bond acceptors (Lipinski definition) is 4. The first-order valence-corrected chi connectivity index (χ1v) is 7.68. The summed E-state index contributed by atoms with van der Waals surface area (Å²) in [7, 11) is 2.02. The minimum absolute atomic E-state index is 0.234. The number of fused-ring (bicyclic) bond motifs is 1. The maximum atomic E-state index is 13.5. The van der Waals surface area contributed by atoms with E-state index in [0.29, 0.717) is 0 Å². The summed E-state index contributed by atoms with van der Waals surface area (Å²) in [6, 6.07) is 6.74. The largest absolute Gasteiger partial charge is 0.374 e. The number of aryl methyl sites for hydroxylation is 1. The molecule has 0 unspecified atom stereocenters. The number of hydrogen-bond donors (Lipinski definition) is 0. The van der Waals surface area contributed by atoms with Crippen LogP contribution < -0.4 is 4.90 Å². The second-order valence-corrected chi connectivity index (χ2v) is 6.02. The van der Waals surface area contributed by atoms with E-state index in [1.807, 2.05) is 31.6 Å². The molecule has 0 radical (unpaired) electrons. The Balaban J connectivity index is 1.92. The van der Waals surface area contributed by atoms with Gasteiger partial charge in [0.15, 0.2) is 0 Å². The van der Waals surface area contributed by atoms with E-state index in [0.717, 1.165) is 40.3 Å². The van der Waals surface area contributed by atoms with Crippen molar-refractivity contribution in [1.29, 1.82) is 0 Å². The molecule has 5 heteroatoms. The van der Waals surface area contributed by atoms with E-state index in [2.05, 4.69) is 14.9 Å². The average Bonchev–Trinajstić information content (AvgIpc) is 2.97. The van der Waals surface area contributed by atoms with Gasteiger partial charge < -0.3 is 4.90 Å². The first-order valence-electron chi connectivity index (χ1n) is 6.80. The van der Waals surface area contributed by atoms with Crippen molar-refractivity contribution in [2.45, 2.75) is 13.3 Å². The third-order valence-corrected chi connectivity index (χ3v) is 4.27. The molecule has 2 heterocycles. The SMILES string of the molecule is Cc1cc(N(C)CCc2nccs2)c2cc(F)ccc2n1. The molecule has 108 valence electrons. The number of anilines is 1. The molecule has 0 aliphatic heterocycles. The Hall–Kier alpha value is -2.01. The van der Waals surface area contributed by atoms with Crippen LogP contribution in [0, 0.1) is 12.7 Å². The lowest BCUT2D eigenvalue weighted by molar-refractivity contribution is 0.629. The average molecular weight is 301 g/mol. The molecule has 1 aromatic carbocycles. The monoisotopic (exact) mass is 301 g/mol. The van der Waals surface area contributed by atoms with E-state index in [1.165, 1.54) is 6.07 Å². The first-order chi connectivity index (χ1) is 10.1. The molecule has 0 saturated carbocycles. The molecule has 0 N–H and O–H groups in total. The molecule has 2 aromatic heterocycles. The van der Waals surface area contributed by atoms with Gasteiger partial charge in [0.1, 0.15) is 5.82 Å². The van der Waals surface area contributed by atoms with Crippen LogP contribution in [0.3, 0.4) is 0 Å². The van der Waals surface area contributed by atoms with Crippen molar-refractivity contribution >= 4 is 27.9 Å². The smallest absolute Gasteiger partial charge is 0.124 e. The zero-order chi connectivity index (χ0) is 14.8. The molecular formula is C16H16FN3S. The Kier molecular flexibility index (Phi) is 3.84. The fourth-order valence-corrected chi connectivity index (χ4v) is 2.99. The molecular weight excluding hydrogens is 285 g/mol. The molecule has 0 fully saturated rings. The van der Waals surface area contributed by atoms with Crippen LogP contribution in [0.15, 0.2) is 35.8 Å². The number of halogens is 1. The topological polar surface area (TPSA) is 29.0 Å². The van der Waals surface area contributed by atoms with E-state index in [1.54, 1.807) is 23.5 Å². The number of nitrogens with zero attached hydrogens (tertiary/aromatic N) is 3. The summed E-state index contributed by atoms with van der Waals surface area (Å²) in [5, 5.41) is 3.95. The van der Waals surface area contributed by atoms with Crippen molar-refractivity contribution in [2.24, 2.45) is 0 Å². The molecule has 0 spiro atoms. The van der Waals surface area contributed by atoms with Gasteiger partial charge in [0, 0.05) is 48.4 Å². The van der Waals surface area contributed by atoms with Gasteiger partial charge in [-0.25, -0.2) is 9.37 Å². The zero-order valence-corrected chi connectivity index (χ0v) is 12.8. The highest BCUT2D eigenvalue weighted by Gasteiger charge is 2.10. The van der Waals surface area contributed by atoms with Crippen molar-refractivity contribution < 1.29 is 4.39 Å². The van der Waals surface area contributed by atoms with Crippen LogP contribution >= 0.6 is 11.3 Å². The fourth-order valence-electron chi connectivity index (χ4n) is 2.38. The second-order valence-electron chi connectivity index (χ2n) is 5.04. The number of pyridine rings is 1. The molecule has 0 atom stereocenters. The highest BCUT2D eigenvalue weighted by atomic mass is 32.1. The number of likely N-dealkylation sites (N-methyl/N-ethyl adjacent to an activating group) is 1. The quantitative estimate of drug-likeness (QED) is 0.733. The summed E-state index contributed by atoms with van der Waals surface area (Å²) in [5.74, 6) is -0.234. The lowest BCUT2D eigenvalue weighted by Crippen LogP contribution is -2.20. The Morgan fingerprint density at radius 1 is 1.29 bits per heavy atom. The number of benzene rings is 1. The van der Waals surface area contributed by atoms with Gasteiger partial charge in [0.25, 0.3) is 0 Å². The maximum Gasteiger partial charge on any atom is 0.124 e. The van der Waals surface area contributed by atoms with Gasteiger partial charge in [-0.2, -0.15) is 0 Å². The molecule has 0 aliphatic rings. The lowest BCUT2D eigenvalue weighted by Gasteiger charge is -2.21. The van der Waals surface area contributed by atoms with Gasteiger partial charge in [-0.1, -0.05) is 0 Å². The number of thiazole rings is 1. The summed E-state index contributed by atoms with van der Waals surface area (Å²) in [6.07, 6.45) is 2.70. The van der Waals surface area contributed by atoms with Crippen LogP contribution in [-0.4, -0.2) is 23.6 Å². The van der Waals surface area contributed by atoms with Crippen molar-refractivity contribution in [1.82, 2.24) is 9.97 Å². The molecule has 3 aromatic rings. The van der Waals surface area contributed by atoms with E-state index < -0.39 is 0 Å². The van der Waals surface area contributed by atoms with Crippen molar-refractivity contribution in [3.05, 3.63) is 52.4 Å². The van der Waals surface area contributed by atoms with E-state index in [-0.39, 0.29) is 5.82 Å². The normalized spacial score (nSPS) is 11.0. The van der Waals surface area contributed by atoms with Crippen LogP contribution in [0.4, 0.5) is 10.1 Å². The summed E-state index contributed by atoms with van der Waals surface area (Å²) in [5.41, 5.74) is 2.77. The van der Waals surface area contributed by atoms with Crippen LogP contribution in [0.5, 0.6) is 0 Å². The summed E-state index contributed by atoms with van der Waals surface area (Å²) >= 11 is 1.66. The van der Waals surface area contributed by atoms with E-state index >= 15 is 0 Å². The van der Waals surface area contributed by atoms with Gasteiger partial charge in [-0.15, -0.1) is 11.3 Å². The third kappa shape index (κ3) is 3.03. The van der Waals surface area contributed by atoms with E-state index in [9.17, 15) is 4.39 Å². The maximum absolute atomic E-state index is 13.5. The molecule has 0 bridgehead atoms. The Bertz CT molecular complexity index is 756. The standard InChI is InChI=1S/C16H16FN3S/c1-11-9-15(13-10-12(17)3-4-14(13)19-11)20(2)7-5-16-18-6-8-21-16/h3-4,6,8-10H,5,7H2,1-2H3. The molecule has 0 amide bonds. The Morgan fingerprint density at radius 2 is 2.14 bits per heavy atom. The molecule has 0 saturated heterocycles. The first kappa shape index (κ1) is 13.9. The molecule has 21 heavy (non-hydrogen) atoms. The van der Waals surface area contributed by atoms with Crippen molar-refractivity contribution in [2.75, 3.05) is 18.5 Å². The van der Waals surface area contributed by atoms with Gasteiger partial charge in [0.2, 0.25) is 0 Å². The van der Waals surface area contributed by atoms with Crippen LogP contribution in [0.2, 0.25) is 0 Å². The molecule has 0 aliphatic carbocycles. The van der Waals surface area contributed by atoms with Gasteiger partial charge in [0.05, 0.1) is 10.5 Å². The summed E-state index contributed by atoms with van der Waals surface area (Å²) < 4.78 is 13.5. The molecule has 3 rings (SSSR count). The Labute approximate surface area is 127 Å². The minimum atomic E-state index is -0.234. The highest BCUT2D eigenvalue weighted by Crippen LogP contribution is 2.27. The third-order valence-electron chi connectivity index (χ3n) is 3.43. The predicted octanol–water partition coefficient (Wildman–Crippen LogP) is 3.82. The highest BCUT2D eigenvalue weighted by molar-refractivity contribution is 7.09. The lowest BCUT2D eigenvalue weighted by atomic mass is 10.1. The summed E-state index contributed by atoms with van der Waals surface area (Å²) in [6.45, 7) is 2.80. The van der Waals surface area contributed by atoms with Crippen molar-refractivity contribution in [3.63, 3.8) is 0 Å². The van der Waals surface area contributed by atoms with Crippen LogP contribution in [-0.2, 0) is 6.42 Å². The predicted molar refractivity (Wildman–Crippen MR) is 85.5 cm³/mol. The fraction of sp³-hybridized carbons (Fsp3) is 0.250. The van der Waals surface area contributed by atoms with Gasteiger partial charge in [-0.05, 0) is 31.2 Å². The Morgan fingerprint density at radius 3 is 2.90 bits per heavy atom. The number of aromatic nitrogens is 2. The zero-order valence-electron chi connectivity index (χ0n) is 12.0. The minimum Gasteiger partial charge on any atom is -0.374 e. The van der Waals surface area contributed by atoms with E-state index in [4.69, 9.17) is 0 Å².